The lowest BCUT2D eigenvalue weighted by Crippen LogP contribution is -2.05. The molecule has 1 N–H and O–H groups in total. The van der Waals surface area contributed by atoms with Crippen LogP contribution in [0.2, 0.25) is 0 Å². The molecule has 3 aromatic carbocycles. The number of fused-ring (bicyclic) bond motifs is 1. The summed E-state index contributed by atoms with van der Waals surface area (Å²) in [5, 5.41) is 15.9. The minimum absolute atomic E-state index is 0.0547. The van der Waals surface area contributed by atoms with E-state index in [0.29, 0.717) is 6.54 Å². The van der Waals surface area contributed by atoms with Crippen molar-refractivity contribution in [1.29, 1.82) is 0 Å². The lowest BCUT2D eigenvalue weighted by Gasteiger charge is -2.09. The third kappa shape index (κ3) is 3.02. The van der Waals surface area contributed by atoms with Gasteiger partial charge in [-0.05, 0) is 28.5 Å². The van der Waals surface area contributed by atoms with Gasteiger partial charge in [-0.1, -0.05) is 66.7 Å². The molecule has 0 bridgehead atoms. The standard InChI is InChI=1S/C21H16N2O2/c24-21(25)19-13-20(23(22-19)14-15-6-2-1-3-7-15)18-11-10-16-8-4-5-9-17(16)12-18/h1-13H,14H2,(H,24,25). The SMILES string of the molecule is O=C(O)c1cc(-c2ccc3ccccc3c2)n(Cc2ccccc2)n1. The molecule has 0 saturated carbocycles. The number of nitrogens with zero attached hydrogens (tertiary/aromatic N) is 2. The highest BCUT2D eigenvalue weighted by molar-refractivity contribution is 5.89. The number of hydrogen-bond acceptors (Lipinski definition) is 2. The van der Waals surface area contributed by atoms with Crippen LogP contribution in [0, 0.1) is 0 Å². The molecule has 4 rings (SSSR count). The van der Waals surface area contributed by atoms with Crippen molar-refractivity contribution in [3.63, 3.8) is 0 Å². The highest BCUT2D eigenvalue weighted by Crippen LogP contribution is 2.26. The largest absolute Gasteiger partial charge is 0.476 e. The fraction of sp³-hybridized carbons (Fsp3) is 0.0476. The number of benzene rings is 3. The molecule has 0 radical (unpaired) electrons. The van der Waals surface area contributed by atoms with E-state index in [1.807, 2.05) is 54.6 Å². The average molecular weight is 328 g/mol. The van der Waals surface area contributed by atoms with E-state index in [1.54, 1.807) is 10.7 Å². The number of carbonyl (C=O) groups is 1. The molecule has 0 fully saturated rings. The summed E-state index contributed by atoms with van der Waals surface area (Å²) in [6.07, 6.45) is 0. The van der Waals surface area contributed by atoms with Crippen LogP contribution in [0.3, 0.4) is 0 Å². The maximum absolute atomic E-state index is 11.4. The Labute approximate surface area is 145 Å². The first kappa shape index (κ1) is 15.1. The van der Waals surface area contributed by atoms with Gasteiger partial charge >= 0.3 is 5.97 Å². The summed E-state index contributed by atoms with van der Waals surface area (Å²) in [6, 6.07) is 25.8. The zero-order valence-electron chi connectivity index (χ0n) is 13.5. The molecule has 1 aromatic heterocycles. The predicted octanol–water partition coefficient (Wildman–Crippen LogP) is 4.45. The number of carboxylic acid groups (broad SMARTS) is 1. The average Bonchev–Trinajstić information content (AvgIpc) is 3.06. The second kappa shape index (κ2) is 6.24. The first-order valence-electron chi connectivity index (χ1n) is 8.05. The van der Waals surface area contributed by atoms with Gasteiger partial charge in [0.15, 0.2) is 5.69 Å². The van der Waals surface area contributed by atoms with Crippen molar-refractivity contribution >= 4 is 16.7 Å². The molecule has 0 atom stereocenters. The molecule has 4 nitrogen and oxygen atoms in total. The van der Waals surface area contributed by atoms with Gasteiger partial charge in [0.25, 0.3) is 0 Å². The lowest BCUT2D eigenvalue weighted by molar-refractivity contribution is 0.0689. The van der Waals surface area contributed by atoms with Gasteiger partial charge < -0.3 is 5.11 Å². The van der Waals surface area contributed by atoms with E-state index >= 15 is 0 Å². The number of rotatable bonds is 4. The topological polar surface area (TPSA) is 55.1 Å². The number of hydrogen-bond donors (Lipinski definition) is 1. The first-order chi connectivity index (χ1) is 12.2. The molecule has 0 aliphatic rings. The van der Waals surface area contributed by atoms with Crippen molar-refractivity contribution in [2.75, 3.05) is 0 Å². The van der Waals surface area contributed by atoms with Gasteiger partial charge in [0, 0.05) is 5.56 Å². The Balaban J connectivity index is 1.82. The minimum atomic E-state index is -1.02. The molecule has 0 saturated heterocycles. The van der Waals surface area contributed by atoms with Gasteiger partial charge in [0.2, 0.25) is 0 Å². The number of aromatic carboxylic acids is 1. The van der Waals surface area contributed by atoms with E-state index in [9.17, 15) is 9.90 Å². The van der Waals surface area contributed by atoms with Crippen LogP contribution in [-0.4, -0.2) is 20.9 Å². The highest BCUT2D eigenvalue weighted by atomic mass is 16.4. The molecule has 122 valence electrons. The second-order valence-corrected chi connectivity index (χ2v) is 5.93. The molecule has 0 amide bonds. The van der Waals surface area contributed by atoms with Crippen LogP contribution in [0.1, 0.15) is 16.1 Å². The van der Waals surface area contributed by atoms with Crippen molar-refractivity contribution in [3.8, 4) is 11.3 Å². The second-order valence-electron chi connectivity index (χ2n) is 5.93. The van der Waals surface area contributed by atoms with Crippen LogP contribution in [0.5, 0.6) is 0 Å². The van der Waals surface area contributed by atoms with E-state index in [-0.39, 0.29) is 5.69 Å². The molecule has 25 heavy (non-hydrogen) atoms. The first-order valence-corrected chi connectivity index (χ1v) is 8.05. The van der Waals surface area contributed by atoms with Crippen molar-refractivity contribution in [2.24, 2.45) is 0 Å². The molecule has 0 aliphatic carbocycles. The van der Waals surface area contributed by atoms with Crippen LogP contribution in [0.4, 0.5) is 0 Å². The summed E-state index contributed by atoms with van der Waals surface area (Å²) in [4.78, 5) is 11.4. The molecule has 4 heteroatoms. The molecule has 0 unspecified atom stereocenters. The van der Waals surface area contributed by atoms with Crippen LogP contribution >= 0.6 is 0 Å². The summed E-state index contributed by atoms with van der Waals surface area (Å²) in [6.45, 7) is 0.524. The highest BCUT2D eigenvalue weighted by Gasteiger charge is 2.15. The molecule has 4 aromatic rings. The van der Waals surface area contributed by atoms with E-state index in [2.05, 4.69) is 23.3 Å². The number of carboxylic acids is 1. The van der Waals surface area contributed by atoms with Crippen molar-refractivity contribution in [3.05, 3.63) is 90.1 Å². The molecule has 0 aliphatic heterocycles. The van der Waals surface area contributed by atoms with E-state index in [4.69, 9.17) is 0 Å². The molecule has 1 heterocycles. The van der Waals surface area contributed by atoms with Gasteiger partial charge in [-0.25, -0.2) is 4.79 Å². The van der Waals surface area contributed by atoms with E-state index in [1.165, 1.54) is 0 Å². The zero-order chi connectivity index (χ0) is 17.2. The van der Waals surface area contributed by atoms with E-state index < -0.39 is 5.97 Å². The van der Waals surface area contributed by atoms with Crippen LogP contribution in [0.15, 0.2) is 78.9 Å². The fourth-order valence-electron chi connectivity index (χ4n) is 2.98. The Kier molecular flexibility index (Phi) is 3.78. The molecular formula is C21H16N2O2. The smallest absolute Gasteiger partial charge is 0.356 e. The summed E-state index contributed by atoms with van der Waals surface area (Å²) in [5.74, 6) is -1.02. The van der Waals surface area contributed by atoms with Crippen molar-refractivity contribution in [2.45, 2.75) is 6.54 Å². The Bertz CT molecular complexity index is 1050. The summed E-state index contributed by atoms with van der Waals surface area (Å²) in [5.41, 5.74) is 2.88. The molecular weight excluding hydrogens is 312 g/mol. The minimum Gasteiger partial charge on any atom is -0.476 e. The van der Waals surface area contributed by atoms with Gasteiger partial charge in [0.05, 0.1) is 12.2 Å². The Morgan fingerprint density at radius 3 is 2.36 bits per heavy atom. The quantitative estimate of drug-likeness (QED) is 0.602. The Morgan fingerprint density at radius 2 is 1.60 bits per heavy atom. The molecule has 0 spiro atoms. The van der Waals surface area contributed by atoms with Crippen molar-refractivity contribution in [1.82, 2.24) is 9.78 Å². The van der Waals surface area contributed by atoms with Crippen LogP contribution in [0.25, 0.3) is 22.0 Å². The van der Waals surface area contributed by atoms with Gasteiger partial charge in [-0.2, -0.15) is 5.10 Å². The Hall–Kier alpha value is -3.40. The van der Waals surface area contributed by atoms with Crippen molar-refractivity contribution < 1.29 is 9.90 Å². The summed E-state index contributed by atoms with van der Waals surface area (Å²) in [7, 11) is 0. The lowest BCUT2D eigenvalue weighted by atomic mass is 10.0. The zero-order valence-corrected chi connectivity index (χ0v) is 13.5. The van der Waals surface area contributed by atoms with Crippen LogP contribution < -0.4 is 0 Å². The summed E-state index contributed by atoms with van der Waals surface area (Å²) < 4.78 is 1.75. The van der Waals surface area contributed by atoms with Gasteiger partial charge in [-0.15, -0.1) is 0 Å². The van der Waals surface area contributed by atoms with Gasteiger partial charge in [-0.3, -0.25) is 4.68 Å². The van der Waals surface area contributed by atoms with Gasteiger partial charge in [0.1, 0.15) is 0 Å². The third-order valence-electron chi connectivity index (χ3n) is 4.22. The summed E-state index contributed by atoms with van der Waals surface area (Å²) >= 11 is 0. The maximum Gasteiger partial charge on any atom is 0.356 e. The number of aromatic nitrogens is 2. The predicted molar refractivity (Wildman–Crippen MR) is 97.7 cm³/mol. The maximum atomic E-state index is 11.4. The van der Waals surface area contributed by atoms with Crippen LogP contribution in [-0.2, 0) is 6.54 Å². The third-order valence-corrected chi connectivity index (χ3v) is 4.22. The monoisotopic (exact) mass is 328 g/mol. The fourth-order valence-corrected chi connectivity index (χ4v) is 2.98. The normalized spacial score (nSPS) is 10.9. The van der Waals surface area contributed by atoms with E-state index in [0.717, 1.165) is 27.6 Å². The Morgan fingerprint density at radius 1 is 0.880 bits per heavy atom.